The Bertz CT molecular complexity index is 1280. The number of benzene rings is 3. The summed E-state index contributed by atoms with van der Waals surface area (Å²) in [7, 11) is 0. The number of rotatable bonds is 7. The van der Waals surface area contributed by atoms with Crippen LogP contribution >= 0.6 is 0 Å². The van der Waals surface area contributed by atoms with Gasteiger partial charge in [0.2, 0.25) is 5.91 Å². The van der Waals surface area contributed by atoms with E-state index in [1.54, 1.807) is 6.07 Å². The number of nitrogens with one attached hydrogen (secondary N) is 2. The molecule has 2 N–H and O–H groups in total. The minimum Gasteiger partial charge on any atom is -0.361 e. The van der Waals surface area contributed by atoms with Crippen LogP contribution in [0.5, 0.6) is 0 Å². The lowest BCUT2D eigenvalue weighted by atomic mass is 10.0. The molecule has 4 aromatic rings. The van der Waals surface area contributed by atoms with Crippen LogP contribution in [0.3, 0.4) is 0 Å². The third-order valence-corrected chi connectivity index (χ3v) is 6.72. The molecule has 1 saturated heterocycles. The van der Waals surface area contributed by atoms with Crippen molar-refractivity contribution in [2.75, 3.05) is 32.7 Å². The summed E-state index contributed by atoms with van der Waals surface area (Å²) in [5.74, 6) is -0.321. The Labute approximate surface area is 205 Å². The number of H-pyrrole nitrogens is 1. The molecule has 0 unspecified atom stereocenters. The molecule has 0 aliphatic carbocycles. The second-order valence-electron chi connectivity index (χ2n) is 9.00. The van der Waals surface area contributed by atoms with E-state index in [2.05, 4.69) is 39.5 Å². The highest BCUT2D eigenvalue weighted by Gasteiger charge is 2.30. The van der Waals surface area contributed by atoms with E-state index in [0.29, 0.717) is 18.7 Å². The number of nitrogens with zero attached hydrogens (tertiary/aromatic N) is 2. The summed E-state index contributed by atoms with van der Waals surface area (Å²) < 4.78 is 0. The van der Waals surface area contributed by atoms with Crippen LogP contribution in [0.25, 0.3) is 10.9 Å². The van der Waals surface area contributed by atoms with Gasteiger partial charge in [0.25, 0.3) is 5.91 Å². The molecule has 0 saturated carbocycles. The Hall–Kier alpha value is -3.90. The normalized spacial score (nSPS) is 15.1. The number of carbonyl (C=O) groups is 2. The van der Waals surface area contributed by atoms with Crippen LogP contribution in [0.4, 0.5) is 0 Å². The van der Waals surface area contributed by atoms with E-state index in [1.165, 1.54) is 5.56 Å². The summed E-state index contributed by atoms with van der Waals surface area (Å²) >= 11 is 0. The van der Waals surface area contributed by atoms with E-state index in [9.17, 15) is 9.59 Å². The Morgan fingerprint density at radius 2 is 1.57 bits per heavy atom. The first kappa shape index (κ1) is 22.9. The highest BCUT2D eigenvalue weighted by Crippen LogP contribution is 2.20. The number of carbonyl (C=O) groups excluding carboxylic acids is 2. The third-order valence-electron chi connectivity index (χ3n) is 6.72. The van der Waals surface area contributed by atoms with Crippen molar-refractivity contribution in [1.29, 1.82) is 0 Å². The zero-order valence-electron chi connectivity index (χ0n) is 19.7. The first-order valence-electron chi connectivity index (χ1n) is 12.2. The SMILES string of the molecule is O=C(N[C@@H](C(=O)N1CCN(CCc2ccccc2)CC1)c1ccccc1)c1ccc2cc[nH]c2c1. The molecule has 35 heavy (non-hydrogen) atoms. The highest BCUT2D eigenvalue weighted by atomic mass is 16.2. The van der Waals surface area contributed by atoms with Gasteiger partial charge in [-0.25, -0.2) is 0 Å². The summed E-state index contributed by atoms with van der Waals surface area (Å²) in [6.45, 7) is 3.95. The van der Waals surface area contributed by atoms with Crippen molar-refractivity contribution in [2.45, 2.75) is 12.5 Å². The fourth-order valence-electron chi connectivity index (χ4n) is 4.64. The topological polar surface area (TPSA) is 68.4 Å². The van der Waals surface area contributed by atoms with Gasteiger partial charge in [-0.2, -0.15) is 0 Å². The van der Waals surface area contributed by atoms with Crippen LogP contribution in [0.2, 0.25) is 0 Å². The first-order chi connectivity index (χ1) is 17.2. The van der Waals surface area contributed by atoms with E-state index in [1.807, 2.05) is 65.7 Å². The molecule has 5 rings (SSSR count). The fraction of sp³-hybridized carbons (Fsp3) is 0.241. The molecule has 2 amide bonds. The Morgan fingerprint density at radius 1 is 0.857 bits per heavy atom. The minimum atomic E-state index is -0.723. The summed E-state index contributed by atoms with van der Waals surface area (Å²) in [6.07, 6.45) is 2.85. The number of fused-ring (bicyclic) bond motifs is 1. The number of hydrogen-bond acceptors (Lipinski definition) is 3. The molecular weight excluding hydrogens is 436 g/mol. The number of aromatic amines is 1. The maximum atomic E-state index is 13.6. The molecule has 6 heteroatoms. The Morgan fingerprint density at radius 3 is 2.31 bits per heavy atom. The van der Waals surface area contributed by atoms with Crippen LogP contribution in [0.1, 0.15) is 27.5 Å². The van der Waals surface area contributed by atoms with Gasteiger partial charge in [0, 0.05) is 50.0 Å². The Kier molecular flexibility index (Phi) is 6.91. The number of aromatic nitrogens is 1. The molecule has 178 valence electrons. The molecule has 1 atom stereocenters. The van der Waals surface area contributed by atoms with Gasteiger partial charge in [-0.05, 0) is 41.1 Å². The predicted molar refractivity (Wildman–Crippen MR) is 138 cm³/mol. The van der Waals surface area contributed by atoms with Gasteiger partial charge in [0.05, 0.1) is 0 Å². The third kappa shape index (κ3) is 5.44. The van der Waals surface area contributed by atoms with Crippen molar-refractivity contribution in [3.63, 3.8) is 0 Å². The average Bonchev–Trinajstić information content (AvgIpc) is 3.39. The van der Waals surface area contributed by atoms with Crippen LogP contribution in [0.15, 0.2) is 91.1 Å². The molecular formula is C29H30N4O2. The number of amides is 2. The molecule has 2 heterocycles. The lowest BCUT2D eigenvalue weighted by molar-refractivity contribution is -0.135. The molecule has 6 nitrogen and oxygen atoms in total. The zero-order valence-corrected chi connectivity index (χ0v) is 19.7. The minimum absolute atomic E-state index is 0.0618. The summed E-state index contributed by atoms with van der Waals surface area (Å²) in [5.41, 5.74) is 3.54. The average molecular weight is 467 g/mol. The summed E-state index contributed by atoms with van der Waals surface area (Å²) in [4.78, 5) is 34.2. The monoisotopic (exact) mass is 466 g/mol. The molecule has 0 bridgehead atoms. The van der Waals surface area contributed by atoms with Crippen molar-refractivity contribution in [3.8, 4) is 0 Å². The van der Waals surface area contributed by atoms with E-state index in [-0.39, 0.29) is 11.8 Å². The molecule has 0 radical (unpaired) electrons. The van der Waals surface area contributed by atoms with Crippen molar-refractivity contribution in [2.24, 2.45) is 0 Å². The smallest absolute Gasteiger partial charge is 0.252 e. The van der Waals surface area contributed by atoms with Crippen molar-refractivity contribution in [3.05, 3.63) is 108 Å². The lowest BCUT2D eigenvalue weighted by Gasteiger charge is -2.36. The predicted octanol–water partition coefficient (Wildman–Crippen LogP) is 4.03. The fourth-order valence-corrected chi connectivity index (χ4v) is 4.64. The second kappa shape index (κ2) is 10.6. The molecule has 1 aliphatic heterocycles. The molecule has 0 spiro atoms. The summed E-state index contributed by atoms with van der Waals surface area (Å²) in [5, 5.41) is 4.05. The maximum Gasteiger partial charge on any atom is 0.252 e. The van der Waals surface area contributed by atoms with Crippen molar-refractivity contribution in [1.82, 2.24) is 20.1 Å². The lowest BCUT2D eigenvalue weighted by Crippen LogP contribution is -2.52. The van der Waals surface area contributed by atoms with Crippen LogP contribution in [-0.4, -0.2) is 59.3 Å². The van der Waals surface area contributed by atoms with E-state index < -0.39 is 6.04 Å². The van der Waals surface area contributed by atoms with Crippen LogP contribution < -0.4 is 5.32 Å². The van der Waals surface area contributed by atoms with Gasteiger partial charge < -0.3 is 15.2 Å². The van der Waals surface area contributed by atoms with E-state index >= 15 is 0 Å². The highest BCUT2D eigenvalue weighted by molar-refractivity contribution is 6.00. The molecule has 3 aromatic carbocycles. The van der Waals surface area contributed by atoms with Gasteiger partial charge in [-0.1, -0.05) is 66.7 Å². The van der Waals surface area contributed by atoms with Gasteiger partial charge in [0.1, 0.15) is 6.04 Å². The maximum absolute atomic E-state index is 13.6. The van der Waals surface area contributed by atoms with Crippen LogP contribution in [-0.2, 0) is 11.2 Å². The number of hydrogen-bond donors (Lipinski definition) is 2. The van der Waals surface area contributed by atoms with Gasteiger partial charge in [-0.15, -0.1) is 0 Å². The molecule has 1 fully saturated rings. The Balaban J connectivity index is 1.25. The largest absolute Gasteiger partial charge is 0.361 e. The second-order valence-corrected chi connectivity index (χ2v) is 9.00. The quantitative estimate of drug-likeness (QED) is 0.432. The zero-order chi connectivity index (χ0) is 24.0. The first-order valence-corrected chi connectivity index (χ1v) is 12.2. The summed E-state index contributed by atoms with van der Waals surface area (Å²) in [6, 6.07) is 26.8. The van der Waals surface area contributed by atoms with Crippen LogP contribution in [0, 0.1) is 0 Å². The van der Waals surface area contributed by atoms with Crippen molar-refractivity contribution < 1.29 is 9.59 Å². The van der Waals surface area contributed by atoms with Crippen molar-refractivity contribution >= 4 is 22.7 Å². The van der Waals surface area contributed by atoms with E-state index in [0.717, 1.165) is 42.5 Å². The van der Waals surface area contributed by atoms with Gasteiger partial charge in [-0.3, -0.25) is 14.5 Å². The van der Waals surface area contributed by atoms with Gasteiger partial charge in [0.15, 0.2) is 0 Å². The van der Waals surface area contributed by atoms with E-state index in [4.69, 9.17) is 0 Å². The molecule has 1 aliphatic rings. The standard InChI is InChI=1S/C29H30N4O2/c34-28(25-12-11-23-13-15-30-26(23)21-25)31-27(24-9-5-2-6-10-24)29(35)33-19-17-32(18-20-33)16-14-22-7-3-1-4-8-22/h1-13,15,21,27,30H,14,16-20H2,(H,31,34)/t27-/m1/s1. The van der Waals surface area contributed by atoms with Gasteiger partial charge >= 0.3 is 0 Å². The molecule has 1 aromatic heterocycles. The number of piperazine rings is 1.